The maximum atomic E-state index is 13.9. The predicted octanol–water partition coefficient (Wildman–Crippen LogP) is 6.00. The summed E-state index contributed by atoms with van der Waals surface area (Å²) in [6.45, 7) is 6.28. The van der Waals surface area contributed by atoms with Gasteiger partial charge in [-0.3, -0.25) is 14.5 Å². The minimum Gasteiger partial charge on any atom is -0.507 e. The molecule has 1 saturated heterocycles. The summed E-state index contributed by atoms with van der Waals surface area (Å²) in [5.74, 6) is -3.44. The topological polar surface area (TPSA) is 105 Å². The zero-order valence-corrected chi connectivity index (χ0v) is 22.3. The molecule has 0 bridgehead atoms. The summed E-state index contributed by atoms with van der Waals surface area (Å²) in [5.41, 5.74) is 1.62. The fourth-order valence-electron chi connectivity index (χ4n) is 4.87. The van der Waals surface area contributed by atoms with Crippen LogP contribution in [-0.2, 0) is 9.59 Å². The molecule has 8 nitrogen and oxygen atoms in total. The first-order valence-electron chi connectivity index (χ1n) is 12.7. The van der Waals surface area contributed by atoms with Gasteiger partial charge in [0.1, 0.15) is 17.3 Å². The lowest BCUT2D eigenvalue weighted by Crippen LogP contribution is -2.30. The maximum absolute atomic E-state index is 13.9. The molecule has 0 spiro atoms. The number of rotatable bonds is 7. The number of aliphatic hydroxyl groups is 1. The summed E-state index contributed by atoms with van der Waals surface area (Å²) in [6, 6.07) is 12.5. The van der Waals surface area contributed by atoms with E-state index >= 15 is 0 Å². The van der Waals surface area contributed by atoms with Gasteiger partial charge in [0.05, 0.1) is 36.4 Å². The van der Waals surface area contributed by atoms with Crippen molar-refractivity contribution in [3.05, 3.63) is 88.5 Å². The standard InChI is InChI=1S/C30H27F2N3O5/c1-5-40-24-10-9-17(12-19(24)15(2)3)27(36)25-26(16-7-6-8-18(11-16)39-4)35(29(38)28(25)37)30-33-22-13-20(31)21(32)14-23(22)34-30/h6-15,26,36H,5H2,1-4H3,(H,33,34)/b27-25+. The second-order valence-corrected chi connectivity index (χ2v) is 9.63. The number of benzene rings is 3. The molecule has 40 heavy (non-hydrogen) atoms. The number of imidazole rings is 1. The number of ketones is 1. The summed E-state index contributed by atoms with van der Waals surface area (Å²) < 4.78 is 38.9. The van der Waals surface area contributed by atoms with Crippen LogP contribution in [0.4, 0.5) is 14.7 Å². The number of nitrogens with zero attached hydrogens (tertiary/aromatic N) is 2. The van der Waals surface area contributed by atoms with Gasteiger partial charge >= 0.3 is 5.91 Å². The Balaban J connectivity index is 1.73. The Hall–Kier alpha value is -4.73. The average Bonchev–Trinajstić information content (AvgIpc) is 3.45. The first-order chi connectivity index (χ1) is 19.1. The average molecular weight is 548 g/mol. The van der Waals surface area contributed by atoms with Gasteiger partial charge in [-0.05, 0) is 54.3 Å². The van der Waals surface area contributed by atoms with E-state index in [4.69, 9.17) is 9.47 Å². The number of anilines is 1. The molecule has 0 aliphatic carbocycles. The van der Waals surface area contributed by atoms with E-state index in [9.17, 15) is 23.5 Å². The lowest BCUT2D eigenvalue weighted by molar-refractivity contribution is -0.132. The number of ether oxygens (including phenoxy) is 2. The van der Waals surface area contributed by atoms with Crippen molar-refractivity contribution in [3.8, 4) is 11.5 Å². The number of H-pyrrole nitrogens is 1. The van der Waals surface area contributed by atoms with Crippen LogP contribution in [-0.4, -0.2) is 40.5 Å². The van der Waals surface area contributed by atoms with Crippen LogP contribution in [0, 0.1) is 11.6 Å². The van der Waals surface area contributed by atoms with E-state index in [0.29, 0.717) is 29.2 Å². The van der Waals surface area contributed by atoms with Gasteiger partial charge < -0.3 is 19.6 Å². The third-order valence-corrected chi connectivity index (χ3v) is 6.80. The molecule has 5 rings (SSSR count). The highest BCUT2D eigenvalue weighted by atomic mass is 19.2. The Morgan fingerprint density at radius 2 is 1.85 bits per heavy atom. The van der Waals surface area contributed by atoms with Crippen LogP contribution in [0.1, 0.15) is 49.4 Å². The second-order valence-electron chi connectivity index (χ2n) is 9.63. The van der Waals surface area contributed by atoms with Crippen molar-refractivity contribution in [1.29, 1.82) is 0 Å². The number of aromatic amines is 1. The number of hydrogen-bond acceptors (Lipinski definition) is 6. The van der Waals surface area contributed by atoms with Crippen molar-refractivity contribution in [2.24, 2.45) is 0 Å². The second kappa shape index (κ2) is 10.4. The Kier molecular flexibility index (Phi) is 7.01. The van der Waals surface area contributed by atoms with Gasteiger partial charge in [-0.1, -0.05) is 26.0 Å². The molecule has 1 atom stereocenters. The molecule has 2 heterocycles. The van der Waals surface area contributed by atoms with Crippen LogP contribution in [0.5, 0.6) is 11.5 Å². The van der Waals surface area contributed by atoms with E-state index in [1.165, 1.54) is 7.11 Å². The van der Waals surface area contributed by atoms with Gasteiger partial charge in [-0.2, -0.15) is 0 Å². The summed E-state index contributed by atoms with van der Waals surface area (Å²) >= 11 is 0. The number of carbonyl (C=O) groups excluding carboxylic acids is 2. The molecule has 1 aliphatic rings. The van der Waals surface area contributed by atoms with E-state index in [0.717, 1.165) is 22.6 Å². The largest absolute Gasteiger partial charge is 0.507 e. The number of halogens is 2. The number of hydrogen-bond donors (Lipinski definition) is 2. The smallest absolute Gasteiger partial charge is 0.302 e. The monoisotopic (exact) mass is 547 g/mol. The Morgan fingerprint density at radius 1 is 1.10 bits per heavy atom. The molecule has 0 saturated carbocycles. The fourth-order valence-corrected chi connectivity index (χ4v) is 4.87. The molecular weight excluding hydrogens is 520 g/mol. The van der Waals surface area contributed by atoms with Crippen LogP contribution < -0.4 is 14.4 Å². The van der Waals surface area contributed by atoms with Crippen molar-refractivity contribution in [1.82, 2.24) is 9.97 Å². The van der Waals surface area contributed by atoms with Crippen LogP contribution in [0.25, 0.3) is 16.8 Å². The van der Waals surface area contributed by atoms with Crippen molar-refractivity contribution in [3.63, 3.8) is 0 Å². The minimum absolute atomic E-state index is 0.0437. The van der Waals surface area contributed by atoms with Crippen LogP contribution in [0.3, 0.4) is 0 Å². The highest BCUT2D eigenvalue weighted by Crippen LogP contribution is 2.43. The van der Waals surface area contributed by atoms with Gasteiger partial charge in [-0.25, -0.2) is 13.8 Å². The molecule has 0 radical (unpaired) electrons. The van der Waals surface area contributed by atoms with E-state index in [1.807, 2.05) is 20.8 Å². The normalized spacial score (nSPS) is 16.8. The Bertz CT molecular complexity index is 1640. The van der Waals surface area contributed by atoms with Gasteiger partial charge in [0.15, 0.2) is 11.6 Å². The van der Waals surface area contributed by atoms with Crippen LogP contribution in [0.15, 0.2) is 60.2 Å². The SMILES string of the molecule is CCOc1ccc(/C(O)=C2\C(=O)C(=O)N(c3nc4cc(F)c(F)cc4[nH]3)C2c2cccc(OC)c2)cc1C(C)C. The lowest BCUT2D eigenvalue weighted by atomic mass is 9.93. The van der Waals surface area contributed by atoms with Crippen molar-refractivity contribution in [2.75, 3.05) is 18.6 Å². The quantitative estimate of drug-likeness (QED) is 0.167. The number of amides is 1. The van der Waals surface area contributed by atoms with Crippen molar-refractivity contribution in [2.45, 2.75) is 32.7 Å². The van der Waals surface area contributed by atoms with Crippen molar-refractivity contribution >= 4 is 34.4 Å². The molecule has 206 valence electrons. The third-order valence-electron chi connectivity index (χ3n) is 6.80. The predicted molar refractivity (Wildman–Crippen MR) is 145 cm³/mol. The first kappa shape index (κ1) is 26.9. The third kappa shape index (κ3) is 4.55. The molecule has 3 aromatic carbocycles. The minimum atomic E-state index is -1.13. The number of fused-ring (bicyclic) bond motifs is 1. The zero-order valence-electron chi connectivity index (χ0n) is 22.3. The van der Waals surface area contributed by atoms with E-state index in [2.05, 4.69) is 9.97 Å². The summed E-state index contributed by atoms with van der Waals surface area (Å²) in [4.78, 5) is 35.2. The molecule has 2 N–H and O–H groups in total. The highest BCUT2D eigenvalue weighted by Gasteiger charge is 2.48. The number of aromatic nitrogens is 2. The number of Topliss-reactive ketones (excluding diaryl/α,β-unsaturated/α-hetero) is 1. The van der Waals surface area contributed by atoms with E-state index in [1.54, 1.807) is 42.5 Å². The number of carbonyl (C=O) groups is 2. The highest BCUT2D eigenvalue weighted by molar-refractivity contribution is 6.51. The van der Waals surface area contributed by atoms with Gasteiger partial charge in [0.2, 0.25) is 5.95 Å². The van der Waals surface area contributed by atoms with Gasteiger partial charge in [-0.15, -0.1) is 0 Å². The molecule has 1 unspecified atom stereocenters. The molecule has 1 fully saturated rings. The summed E-state index contributed by atoms with van der Waals surface area (Å²) in [7, 11) is 1.48. The molecule has 1 amide bonds. The van der Waals surface area contributed by atoms with Gasteiger partial charge in [0, 0.05) is 17.7 Å². The molecule has 1 aromatic heterocycles. The first-order valence-corrected chi connectivity index (χ1v) is 12.7. The van der Waals surface area contributed by atoms with Crippen molar-refractivity contribution < 1.29 is 33.0 Å². The Labute approximate surface area is 228 Å². The number of nitrogens with one attached hydrogen (secondary N) is 1. The Morgan fingerprint density at radius 3 is 2.55 bits per heavy atom. The summed E-state index contributed by atoms with van der Waals surface area (Å²) in [6.07, 6.45) is 0. The lowest BCUT2D eigenvalue weighted by Gasteiger charge is -2.23. The molecule has 1 aliphatic heterocycles. The molecule has 10 heteroatoms. The number of aliphatic hydroxyl groups excluding tert-OH is 1. The van der Waals surface area contributed by atoms with Crippen LogP contribution in [0.2, 0.25) is 0 Å². The fraction of sp³-hybridized carbons (Fsp3) is 0.233. The maximum Gasteiger partial charge on any atom is 0.302 e. The van der Waals surface area contributed by atoms with E-state index in [-0.39, 0.29) is 34.2 Å². The molecule has 4 aromatic rings. The molecular formula is C30H27F2N3O5. The number of methoxy groups -OCH3 is 1. The van der Waals surface area contributed by atoms with E-state index < -0.39 is 29.4 Å². The van der Waals surface area contributed by atoms with Gasteiger partial charge in [0.25, 0.3) is 5.78 Å². The van der Waals surface area contributed by atoms with Crippen LogP contribution >= 0.6 is 0 Å². The summed E-state index contributed by atoms with van der Waals surface area (Å²) in [5, 5.41) is 11.5. The zero-order chi connectivity index (χ0) is 28.7.